The van der Waals surface area contributed by atoms with E-state index in [-0.39, 0.29) is 0 Å². The topological polar surface area (TPSA) is 12.9 Å². The fraction of sp³-hybridized carbons (Fsp3) is 0.182. The molecule has 1 heterocycles. The third-order valence-electron chi connectivity index (χ3n) is 2.00. The third-order valence-corrected chi connectivity index (χ3v) is 3.12. The Hall–Kier alpha value is -0.860. The van der Waals surface area contributed by atoms with Gasteiger partial charge in [-0.2, -0.15) is 0 Å². The second-order valence-corrected chi connectivity index (χ2v) is 4.99. The Balaban J connectivity index is 2.54. The first-order valence-corrected chi connectivity index (χ1v) is 5.56. The number of rotatable bonds is 1. The number of halogens is 1. The van der Waals surface area contributed by atoms with Gasteiger partial charge < -0.3 is 0 Å². The summed E-state index contributed by atoms with van der Waals surface area (Å²) in [5, 5.41) is 1.85. The van der Waals surface area contributed by atoms with Crippen LogP contribution in [0.3, 0.4) is 0 Å². The molecule has 0 N–H and O–H groups in total. The molecule has 1 nitrogen and oxygen atoms in total. The summed E-state index contributed by atoms with van der Waals surface area (Å²) in [6, 6.07) is 7.81. The minimum atomic E-state index is 0.757. The maximum atomic E-state index is 5.93. The van der Waals surface area contributed by atoms with Gasteiger partial charge in [0.2, 0.25) is 0 Å². The fourth-order valence-corrected chi connectivity index (χ4v) is 2.46. The molecule has 0 aliphatic heterocycles. The van der Waals surface area contributed by atoms with E-state index in [1.54, 1.807) is 11.3 Å². The van der Waals surface area contributed by atoms with E-state index in [1.165, 1.54) is 4.88 Å². The van der Waals surface area contributed by atoms with E-state index in [0.717, 1.165) is 21.3 Å². The van der Waals surface area contributed by atoms with E-state index in [0.29, 0.717) is 0 Å². The molecule has 0 aliphatic rings. The van der Waals surface area contributed by atoms with Crippen LogP contribution in [0.25, 0.3) is 11.3 Å². The zero-order valence-corrected chi connectivity index (χ0v) is 9.62. The summed E-state index contributed by atoms with van der Waals surface area (Å²) in [5.74, 6) is 0. The van der Waals surface area contributed by atoms with Crippen LogP contribution in [-0.4, -0.2) is 4.98 Å². The molecule has 1 aromatic carbocycles. The lowest BCUT2D eigenvalue weighted by atomic mass is 10.1. The van der Waals surface area contributed by atoms with Crippen molar-refractivity contribution in [1.82, 2.24) is 4.98 Å². The molecule has 0 spiro atoms. The normalized spacial score (nSPS) is 10.5. The maximum absolute atomic E-state index is 5.93. The van der Waals surface area contributed by atoms with Crippen LogP contribution >= 0.6 is 22.9 Å². The quantitative estimate of drug-likeness (QED) is 0.710. The van der Waals surface area contributed by atoms with E-state index in [9.17, 15) is 0 Å². The Morgan fingerprint density at radius 1 is 1.29 bits per heavy atom. The van der Waals surface area contributed by atoms with Gasteiger partial charge in [0, 0.05) is 15.5 Å². The van der Waals surface area contributed by atoms with Crippen LogP contribution in [0.4, 0.5) is 0 Å². The van der Waals surface area contributed by atoms with Crippen molar-refractivity contribution in [3.8, 4) is 11.3 Å². The lowest BCUT2D eigenvalue weighted by Crippen LogP contribution is -1.80. The van der Waals surface area contributed by atoms with E-state index in [4.69, 9.17) is 11.6 Å². The number of benzene rings is 1. The number of hydrogen-bond donors (Lipinski definition) is 0. The van der Waals surface area contributed by atoms with Crippen LogP contribution in [0.1, 0.15) is 9.88 Å². The molecule has 2 rings (SSSR count). The zero-order chi connectivity index (χ0) is 10.1. The summed E-state index contributed by atoms with van der Waals surface area (Å²) >= 11 is 7.65. The Kier molecular flexibility index (Phi) is 2.57. The highest BCUT2D eigenvalue weighted by Crippen LogP contribution is 2.28. The summed E-state index contributed by atoms with van der Waals surface area (Å²) in [6.45, 7) is 4.10. The van der Waals surface area contributed by atoms with Crippen LogP contribution < -0.4 is 0 Å². The Labute approximate surface area is 92.4 Å². The van der Waals surface area contributed by atoms with Gasteiger partial charge >= 0.3 is 0 Å². The minimum Gasteiger partial charge on any atom is -0.241 e. The molecule has 2 aromatic rings. The number of hydrogen-bond acceptors (Lipinski definition) is 2. The summed E-state index contributed by atoms with van der Waals surface area (Å²) in [5.41, 5.74) is 2.15. The van der Waals surface area contributed by atoms with Crippen LogP contribution in [0.2, 0.25) is 5.02 Å². The Morgan fingerprint density at radius 2 is 2.07 bits per heavy atom. The molecule has 1 aromatic heterocycles. The smallest absolute Gasteiger partial charge is 0.0904 e. The molecule has 0 bridgehead atoms. The molecule has 0 unspecified atom stereocenters. The summed E-state index contributed by atoms with van der Waals surface area (Å²) in [7, 11) is 0. The van der Waals surface area contributed by atoms with Gasteiger partial charge in [-0.05, 0) is 26.0 Å². The fourth-order valence-electron chi connectivity index (χ4n) is 1.43. The van der Waals surface area contributed by atoms with Gasteiger partial charge in [-0.1, -0.05) is 23.7 Å². The SMILES string of the molecule is Cc1nc(-c2cccc(Cl)c2)c(C)s1. The Morgan fingerprint density at radius 3 is 2.64 bits per heavy atom. The van der Waals surface area contributed by atoms with Gasteiger partial charge in [-0.3, -0.25) is 0 Å². The lowest BCUT2D eigenvalue weighted by Gasteiger charge is -1.98. The predicted octanol–water partition coefficient (Wildman–Crippen LogP) is 4.08. The molecule has 0 amide bonds. The molecule has 0 radical (unpaired) electrons. The molecule has 0 saturated heterocycles. The van der Waals surface area contributed by atoms with Crippen LogP contribution in [0, 0.1) is 13.8 Å². The number of aryl methyl sites for hydroxylation is 2. The Bertz CT molecular complexity index is 462. The van der Waals surface area contributed by atoms with E-state index in [2.05, 4.69) is 11.9 Å². The molecule has 72 valence electrons. The molecule has 0 fully saturated rings. The zero-order valence-electron chi connectivity index (χ0n) is 8.04. The van der Waals surface area contributed by atoms with Crippen molar-refractivity contribution in [2.75, 3.05) is 0 Å². The third kappa shape index (κ3) is 1.81. The molecular weight excluding hydrogens is 214 g/mol. The first-order chi connectivity index (χ1) is 6.66. The number of aromatic nitrogens is 1. The van der Waals surface area contributed by atoms with Gasteiger partial charge in [0.15, 0.2) is 0 Å². The largest absolute Gasteiger partial charge is 0.241 e. The van der Waals surface area contributed by atoms with Crippen molar-refractivity contribution in [2.45, 2.75) is 13.8 Å². The highest BCUT2D eigenvalue weighted by Gasteiger charge is 2.07. The molecule has 0 aliphatic carbocycles. The number of thiazole rings is 1. The molecular formula is C11H10ClNS. The number of nitrogens with zero attached hydrogens (tertiary/aromatic N) is 1. The van der Waals surface area contributed by atoms with Crippen LogP contribution in [-0.2, 0) is 0 Å². The molecule has 0 saturated carbocycles. The van der Waals surface area contributed by atoms with Gasteiger partial charge in [0.05, 0.1) is 10.7 Å². The van der Waals surface area contributed by atoms with Crippen LogP contribution in [0.5, 0.6) is 0 Å². The van der Waals surface area contributed by atoms with Crippen molar-refractivity contribution in [3.05, 3.63) is 39.2 Å². The summed E-state index contributed by atoms with van der Waals surface area (Å²) in [4.78, 5) is 5.72. The van der Waals surface area contributed by atoms with E-state index < -0.39 is 0 Å². The molecule has 0 atom stereocenters. The van der Waals surface area contributed by atoms with Crippen molar-refractivity contribution in [1.29, 1.82) is 0 Å². The van der Waals surface area contributed by atoms with Crippen LogP contribution in [0.15, 0.2) is 24.3 Å². The first-order valence-electron chi connectivity index (χ1n) is 4.37. The standard InChI is InChI=1S/C11H10ClNS/c1-7-11(13-8(2)14-7)9-4-3-5-10(12)6-9/h3-6H,1-2H3. The minimum absolute atomic E-state index is 0.757. The monoisotopic (exact) mass is 223 g/mol. The van der Waals surface area contributed by atoms with Gasteiger partial charge in [-0.25, -0.2) is 4.98 Å². The van der Waals surface area contributed by atoms with Gasteiger partial charge in [0.25, 0.3) is 0 Å². The summed E-state index contributed by atoms with van der Waals surface area (Å²) < 4.78 is 0. The van der Waals surface area contributed by atoms with Crippen molar-refractivity contribution < 1.29 is 0 Å². The van der Waals surface area contributed by atoms with Gasteiger partial charge in [-0.15, -0.1) is 11.3 Å². The van der Waals surface area contributed by atoms with Crippen molar-refractivity contribution >= 4 is 22.9 Å². The second kappa shape index (κ2) is 3.71. The average molecular weight is 224 g/mol. The highest BCUT2D eigenvalue weighted by atomic mass is 35.5. The van der Waals surface area contributed by atoms with E-state index >= 15 is 0 Å². The van der Waals surface area contributed by atoms with Crippen molar-refractivity contribution in [3.63, 3.8) is 0 Å². The predicted molar refractivity (Wildman–Crippen MR) is 62.0 cm³/mol. The van der Waals surface area contributed by atoms with Crippen molar-refractivity contribution in [2.24, 2.45) is 0 Å². The van der Waals surface area contributed by atoms with Gasteiger partial charge in [0.1, 0.15) is 0 Å². The molecule has 3 heteroatoms. The maximum Gasteiger partial charge on any atom is 0.0904 e. The first kappa shape index (κ1) is 9.69. The summed E-state index contributed by atoms with van der Waals surface area (Å²) in [6.07, 6.45) is 0. The molecule has 14 heavy (non-hydrogen) atoms. The lowest BCUT2D eigenvalue weighted by molar-refractivity contribution is 1.28. The average Bonchev–Trinajstić information content (AvgIpc) is 2.45. The van der Waals surface area contributed by atoms with E-state index in [1.807, 2.05) is 31.2 Å². The second-order valence-electron chi connectivity index (χ2n) is 3.15. The highest BCUT2D eigenvalue weighted by molar-refractivity contribution is 7.11.